The van der Waals surface area contributed by atoms with Crippen molar-refractivity contribution >= 4 is 11.6 Å². The van der Waals surface area contributed by atoms with Gasteiger partial charge in [-0.2, -0.15) is 13.8 Å². The van der Waals surface area contributed by atoms with Crippen LogP contribution in [0.15, 0.2) is 30.3 Å². The van der Waals surface area contributed by atoms with Gasteiger partial charge in [0.15, 0.2) is 0 Å². The molecule has 0 radical (unpaired) electrons. The van der Waals surface area contributed by atoms with Crippen molar-refractivity contribution in [3.63, 3.8) is 0 Å². The van der Waals surface area contributed by atoms with Crippen LogP contribution in [0.2, 0.25) is 0 Å². The molecule has 2 rings (SSSR count). The van der Waals surface area contributed by atoms with Crippen LogP contribution < -0.4 is 5.32 Å². The normalized spacial score (nSPS) is 10.3. The van der Waals surface area contributed by atoms with Crippen LogP contribution in [0.1, 0.15) is 15.9 Å². The van der Waals surface area contributed by atoms with E-state index in [0.717, 1.165) is 18.2 Å². The number of amides is 1. The Morgan fingerprint density at radius 3 is 2.58 bits per heavy atom. The fraction of sp³-hybridized carbons (Fsp3) is 0.0769. The summed E-state index contributed by atoms with van der Waals surface area (Å²) in [6, 6.07) is 5.65. The maximum Gasteiger partial charge on any atom is 0.256 e. The SMILES string of the molecule is Cc1ccc(F)cc1C(=O)Nc1ccc(F)nc1F. The first kappa shape index (κ1) is 13.1. The van der Waals surface area contributed by atoms with Gasteiger partial charge >= 0.3 is 0 Å². The number of aromatic nitrogens is 1. The Labute approximate surface area is 107 Å². The minimum Gasteiger partial charge on any atom is -0.318 e. The van der Waals surface area contributed by atoms with E-state index in [1.54, 1.807) is 6.92 Å². The largest absolute Gasteiger partial charge is 0.318 e. The molecule has 19 heavy (non-hydrogen) atoms. The minimum absolute atomic E-state index is 0.0729. The van der Waals surface area contributed by atoms with Gasteiger partial charge in [-0.05, 0) is 36.8 Å². The summed E-state index contributed by atoms with van der Waals surface area (Å²) in [6.45, 7) is 1.62. The number of carbonyl (C=O) groups is 1. The number of aryl methyl sites for hydroxylation is 1. The van der Waals surface area contributed by atoms with Gasteiger partial charge in [0.05, 0.1) is 5.69 Å². The molecule has 0 unspecified atom stereocenters. The molecule has 1 N–H and O–H groups in total. The molecule has 0 atom stereocenters. The van der Waals surface area contributed by atoms with Gasteiger partial charge in [0.25, 0.3) is 5.91 Å². The zero-order valence-corrected chi connectivity index (χ0v) is 9.88. The number of benzene rings is 1. The average molecular weight is 266 g/mol. The smallest absolute Gasteiger partial charge is 0.256 e. The molecule has 2 aromatic rings. The number of hydrogen-bond acceptors (Lipinski definition) is 2. The molecule has 3 nitrogen and oxygen atoms in total. The first-order valence-electron chi connectivity index (χ1n) is 5.37. The average Bonchev–Trinajstić information content (AvgIpc) is 2.35. The quantitative estimate of drug-likeness (QED) is 0.849. The summed E-state index contributed by atoms with van der Waals surface area (Å²) < 4.78 is 38.9. The summed E-state index contributed by atoms with van der Waals surface area (Å²) in [6.07, 6.45) is 0. The van der Waals surface area contributed by atoms with Crippen molar-refractivity contribution < 1.29 is 18.0 Å². The van der Waals surface area contributed by atoms with Crippen LogP contribution in [-0.4, -0.2) is 10.9 Å². The van der Waals surface area contributed by atoms with Crippen molar-refractivity contribution in [2.24, 2.45) is 0 Å². The van der Waals surface area contributed by atoms with Crippen LogP contribution in [0.25, 0.3) is 0 Å². The fourth-order valence-electron chi connectivity index (χ4n) is 1.53. The molecule has 1 aromatic carbocycles. The molecule has 0 aliphatic heterocycles. The Bertz CT molecular complexity index is 644. The Kier molecular flexibility index (Phi) is 3.50. The van der Waals surface area contributed by atoms with Gasteiger partial charge in [-0.3, -0.25) is 4.79 Å². The molecule has 0 spiro atoms. The lowest BCUT2D eigenvalue weighted by atomic mass is 10.1. The van der Waals surface area contributed by atoms with Gasteiger partial charge in [-0.15, -0.1) is 0 Å². The molecule has 0 aliphatic rings. The predicted molar refractivity (Wildman–Crippen MR) is 63.2 cm³/mol. The third-order valence-electron chi connectivity index (χ3n) is 2.51. The second kappa shape index (κ2) is 5.09. The molecule has 98 valence electrons. The summed E-state index contributed by atoms with van der Waals surface area (Å²) >= 11 is 0. The lowest BCUT2D eigenvalue weighted by molar-refractivity contribution is 0.102. The van der Waals surface area contributed by atoms with Crippen LogP contribution in [0.5, 0.6) is 0 Å². The number of halogens is 3. The number of anilines is 1. The van der Waals surface area contributed by atoms with Crippen molar-refractivity contribution in [1.82, 2.24) is 4.98 Å². The van der Waals surface area contributed by atoms with Gasteiger partial charge in [0.2, 0.25) is 11.9 Å². The Hall–Kier alpha value is -2.37. The first-order valence-corrected chi connectivity index (χ1v) is 5.37. The monoisotopic (exact) mass is 266 g/mol. The number of nitrogens with zero attached hydrogens (tertiary/aromatic N) is 1. The second-order valence-electron chi connectivity index (χ2n) is 3.89. The highest BCUT2D eigenvalue weighted by Crippen LogP contribution is 2.16. The third-order valence-corrected chi connectivity index (χ3v) is 2.51. The zero-order valence-electron chi connectivity index (χ0n) is 9.88. The van der Waals surface area contributed by atoms with Gasteiger partial charge in [0, 0.05) is 5.56 Å². The predicted octanol–water partition coefficient (Wildman–Crippen LogP) is 3.06. The number of nitrogens with one attached hydrogen (secondary N) is 1. The molecular formula is C13H9F3N2O. The van der Waals surface area contributed by atoms with Crippen LogP contribution in [0, 0.1) is 24.6 Å². The maximum absolute atomic E-state index is 13.3. The van der Waals surface area contributed by atoms with E-state index in [9.17, 15) is 18.0 Å². The number of hydrogen-bond donors (Lipinski definition) is 1. The summed E-state index contributed by atoms with van der Waals surface area (Å²) in [5.74, 6) is -3.39. The van der Waals surface area contributed by atoms with Crippen LogP contribution in [0.3, 0.4) is 0 Å². The van der Waals surface area contributed by atoms with Crippen molar-refractivity contribution in [2.45, 2.75) is 6.92 Å². The lowest BCUT2D eigenvalue weighted by Gasteiger charge is -2.08. The molecule has 0 bridgehead atoms. The number of rotatable bonds is 2. The molecule has 1 aromatic heterocycles. The van der Waals surface area contributed by atoms with E-state index in [-0.39, 0.29) is 11.3 Å². The third kappa shape index (κ3) is 2.90. The van der Waals surface area contributed by atoms with E-state index in [2.05, 4.69) is 10.3 Å². The highest BCUT2D eigenvalue weighted by molar-refractivity contribution is 6.05. The zero-order chi connectivity index (χ0) is 14.0. The van der Waals surface area contributed by atoms with E-state index in [0.29, 0.717) is 5.56 Å². The summed E-state index contributed by atoms with van der Waals surface area (Å²) in [4.78, 5) is 14.8. The van der Waals surface area contributed by atoms with Crippen LogP contribution in [-0.2, 0) is 0 Å². The van der Waals surface area contributed by atoms with Crippen LogP contribution >= 0.6 is 0 Å². The fourth-order valence-corrected chi connectivity index (χ4v) is 1.53. The molecule has 0 saturated carbocycles. The van der Waals surface area contributed by atoms with E-state index >= 15 is 0 Å². The molecule has 1 heterocycles. The first-order chi connectivity index (χ1) is 8.97. The van der Waals surface area contributed by atoms with Crippen molar-refractivity contribution in [3.8, 4) is 0 Å². The minimum atomic E-state index is -1.14. The van der Waals surface area contributed by atoms with Crippen molar-refractivity contribution in [3.05, 3.63) is 59.2 Å². The van der Waals surface area contributed by atoms with Crippen molar-refractivity contribution in [1.29, 1.82) is 0 Å². The second-order valence-corrected chi connectivity index (χ2v) is 3.89. The van der Waals surface area contributed by atoms with Gasteiger partial charge in [-0.1, -0.05) is 6.07 Å². The summed E-state index contributed by atoms with van der Waals surface area (Å²) in [5, 5.41) is 2.21. The van der Waals surface area contributed by atoms with E-state index in [4.69, 9.17) is 0 Å². The van der Waals surface area contributed by atoms with Gasteiger partial charge < -0.3 is 5.32 Å². The Morgan fingerprint density at radius 1 is 1.16 bits per heavy atom. The van der Waals surface area contributed by atoms with E-state index in [1.165, 1.54) is 12.1 Å². The number of carbonyl (C=O) groups excluding carboxylic acids is 1. The molecule has 0 saturated heterocycles. The van der Waals surface area contributed by atoms with Gasteiger partial charge in [-0.25, -0.2) is 4.39 Å². The highest BCUT2D eigenvalue weighted by Gasteiger charge is 2.13. The van der Waals surface area contributed by atoms with E-state index < -0.39 is 23.6 Å². The molecule has 1 amide bonds. The van der Waals surface area contributed by atoms with E-state index in [1.807, 2.05) is 0 Å². The lowest BCUT2D eigenvalue weighted by Crippen LogP contribution is -2.15. The molecular weight excluding hydrogens is 257 g/mol. The molecule has 6 heteroatoms. The van der Waals surface area contributed by atoms with Crippen molar-refractivity contribution in [2.75, 3.05) is 5.32 Å². The topological polar surface area (TPSA) is 42.0 Å². The maximum atomic E-state index is 13.3. The Balaban J connectivity index is 2.28. The molecule has 0 fully saturated rings. The Morgan fingerprint density at radius 2 is 1.89 bits per heavy atom. The number of pyridine rings is 1. The van der Waals surface area contributed by atoms with Gasteiger partial charge in [0.1, 0.15) is 5.82 Å². The molecule has 0 aliphatic carbocycles. The highest BCUT2D eigenvalue weighted by atomic mass is 19.1. The summed E-state index contributed by atoms with van der Waals surface area (Å²) in [5.41, 5.74) is 0.341. The van der Waals surface area contributed by atoms with Crippen LogP contribution in [0.4, 0.5) is 18.9 Å². The summed E-state index contributed by atoms with van der Waals surface area (Å²) in [7, 11) is 0. The standard InChI is InChI=1S/C13H9F3N2O/c1-7-2-3-8(14)6-9(7)13(19)17-10-4-5-11(15)18-12(10)16/h2-6H,1H3,(H,17,19).